The molecule has 0 amide bonds. The third kappa shape index (κ3) is 2.47. The maximum atomic E-state index is 11.3. The van der Waals surface area contributed by atoms with Crippen LogP contribution in [0.4, 0.5) is 0 Å². The van der Waals surface area contributed by atoms with Gasteiger partial charge in [-0.15, -0.1) is 0 Å². The Morgan fingerprint density at radius 3 is 3.00 bits per heavy atom. The van der Waals surface area contributed by atoms with Gasteiger partial charge in [-0.2, -0.15) is 0 Å². The van der Waals surface area contributed by atoms with Gasteiger partial charge in [0, 0.05) is 17.6 Å². The number of carbonyl (C=O) groups excluding carboxylic acids is 1. The number of esters is 1. The lowest BCUT2D eigenvalue weighted by Crippen LogP contribution is -2.17. The molecule has 3 N–H and O–H groups in total. The predicted octanol–water partition coefficient (Wildman–Crippen LogP) is 1.77. The largest absolute Gasteiger partial charge is 0.469 e. The molecule has 1 aromatic carbocycles. The minimum Gasteiger partial charge on any atom is -0.469 e. The number of benzene rings is 1. The lowest BCUT2D eigenvalue weighted by atomic mass is 9.95. The van der Waals surface area contributed by atoms with Crippen LogP contribution in [0.15, 0.2) is 30.5 Å². The predicted molar refractivity (Wildman–Crippen MR) is 66.7 cm³/mol. The van der Waals surface area contributed by atoms with E-state index in [9.17, 15) is 4.79 Å². The zero-order valence-corrected chi connectivity index (χ0v) is 9.77. The number of hydrogen-bond donors (Lipinski definition) is 2. The van der Waals surface area contributed by atoms with Crippen LogP contribution in [-0.2, 0) is 9.53 Å². The van der Waals surface area contributed by atoms with Crippen molar-refractivity contribution in [1.82, 2.24) is 4.98 Å². The number of rotatable bonds is 4. The summed E-state index contributed by atoms with van der Waals surface area (Å²) in [5.74, 6) is -0.212. The van der Waals surface area contributed by atoms with Gasteiger partial charge in [-0.1, -0.05) is 6.07 Å². The van der Waals surface area contributed by atoms with Crippen molar-refractivity contribution in [2.24, 2.45) is 5.73 Å². The first-order valence-electron chi connectivity index (χ1n) is 5.58. The molecule has 90 valence electrons. The van der Waals surface area contributed by atoms with E-state index in [-0.39, 0.29) is 11.9 Å². The summed E-state index contributed by atoms with van der Waals surface area (Å²) in [6, 6.07) is 8.07. The van der Waals surface area contributed by atoms with E-state index >= 15 is 0 Å². The zero-order chi connectivity index (χ0) is 12.3. The number of nitrogens with two attached hydrogens (primary N) is 1. The number of ether oxygens (including phenoxy) is 1. The molecule has 0 aliphatic heterocycles. The molecule has 1 unspecified atom stereocenters. The first-order valence-corrected chi connectivity index (χ1v) is 5.58. The molecule has 4 heteroatoms. The first-order chi connectivity index (χ1) is 8.24. The van der Waals surface area contributed by atoms with Gasteiger partial charge in [-0.25, -0.2) is 0 Å². The highest BCUT2D eigenvalue weighted by Gasteiger charge is 2.15. The Hall–Kier alpha value is -1.81. The Bertz CT molecular complexity index is 519. The smallest absolute Gasteiger partial charge is 0.306 e. The minimum absolute atomic E-state index is 0.0155. The van der Waals surface area contributed by atoms with Crippen molar-refractivity contribution in [3.8, 4) is 0 Å². The minimum atomic E-state index is -0.227. The van der Waals surface area contributed by atoms with E-state index < -0.39 is 0 Å². The second-order valence-electron chi connectivity index (χ2n) is 4.04. The molecule has 0 aliphatic carbocycles. The fraction of sp³-hybridized carbons (Fsp3) is 0.308. The van der Waals surface area contributed by atoms with E-state index in [1.54, 1.807) is 0 Å². The maximum Gasteiger partial charge on any atom is 0.306 e. The average Bonchev–Trinajstić information content (AvgIpc) is 2.82. The highest BCUT2D eigenvalue weighted by Crippen LogP contribution is 2.23. The molecule has 0 saturated heterocycles. The van der Waals surface area contributed by atoms with Gasteiger partial charge < -0.3 is 15.5 Å². The van der Waals surface area contributed by atoms with E-state index in [0.717, 1.165) is 16.5 Å². The number of H-pyrrole nitrogens is 1. The number of hydrogen-bond acceptors (Lipinski definition) is 3. The zero-order valence-electron chi connectivity index (χ0n) is 9.77. The van der Waals surface area contributed by atoms with Crippen LogP contribution < -0.4 is 5.73 Å². The summed E-state index contributed by atoms with van der Waals surface area (Å²) in [4.78, 5) is 14.4. The monoisotopic (exact) mass is 232 g/mol. The topological polar surface area (TPSA) is 68.1 Å². The molecule has 0 radical (unpaired) electrons. The van der Waals surface area contributed by atoms with Gasteiger partial charge in [0.2, 0.25) is 0 Å². The molecule has 0 aliphatic rings. The number of aromatic nitrogens is 1. The quantitative estimate of drug-likeness (QED) is 0.789. The molecule has 1 atom stereocenters. The summed E-state index contributed by atoms with van der Waals surface area (Å²) < 4.78 is 4.68. The Balaban J connectivity index is 2.26. The highest BCUT2D eigenvalue weighted by atomic mass is 16.5. The molecule has 0 bridgehead atoms. The Kier molecular flexibility index (Phi) is 3.44. The molecule has 1 aromatic heterocycles. The van der Waals surface area contributed by atoms with Gasteiger partial charge >= 0.3 is 5.97 Å². The van der Waals surface area contributed by atoms with Gasteiger partial charge in [-0.3, -0.25) is 4.79 Å². The van der Waals surface area contributed by atoms with E-state index in [2.05, 4.69) is 15.8 Å². The maximum absolute atomic E-state index is 11.3. The highest BCUT2D eigenvalue weighted by molar-refractivity contribution is 5.80. The first kappa shape index (κ1) is 11.7. The Morgan fingerprint density at radius 1 is 1.47 bits per heavy atom. The summed E-state index contributed by atoms with van der Waals surface area (Å²) in [5.41, 5.74) is 7.87. The molecule has 1 heterocycles. The number of carbonyl (C=O) groups is 1. The summed E-state index contributed by atoms with van der Waals surface area (Å²) in [7, 11) is 1.39. The van der Waals surface area contributed by atoms with Crippen LogP contribution in [0.3, 0.4) is 0 Å². The number of fused-ring (bicyclic) bond motifs is 1. The van der Waals surface area contributed by atoms with Crippen molar-refractivity contribution in [3.05, 3.63) is 36.0 Å². The summed E-state index contributed by atoms with van der Waals surface area (Å²) >= 11 is 0. The SMILES string of the molecule is COC(=O)CC(CN)c1ccc2[nH]ccc2c1. The Labute approximate surface area is 99.8 Å². The molecular weight excluding hydrogens is 216 g/mol. The van der Waals surface area contributed by atoms with Crippen LogP contribution >= 0.6 is 0 Å². The third-order valence-corrected chi connectivity index (χ3v) is 2.97. The second kappa shape index (κ2) is 5.01. The summed E-state index contributed by atoms with van der Waals surface area (Å²) in [5, 5.41) is 1.13. The lowest BCUT2D eigenvalue weighted by molar-refractivity contribution is -0.141. The summed E-state index contributed by atoms with van der Waals surface area (Å²) in [6.45, 7) is 0.436. The Morgan fingerprint density at radius 2 is 2.29 bits per heavy atom. The average molecular weight is 232 g/mol. The van der Waals surface area contributed by atoms with Crippen LogP contribution in [-0.4, -0.2) is 24.6 Å². The van der Waals surface area contributed by atoms with Crippen LogP contribution in [0.1, 0.15) is 17.9 Å². The molecule has 4 nitrogen and oxygen atoms in total. The second-order valence-corrected chi connectivity index (χ2v) is 4.04. The van der Waals surface area contributed by atoms with E-state index in [1.165, 1.54) is 7.11 Å². The van der Waals surface area contributed by atoms with Crippen molar-refractivity contribution in [2.45, 2.75) is 12.3 Å². The standard InChI is InChI=1S/C13H16N2O2/c1-17-13(16)7-11(8-14)9-2-3-12-10(6-9)4-5-15-12/h2-6,11,15H,7-8,14H2,1H3. The molecule has 2 aromatic rings. The van der Waals surface area contributed by atoms with Crippen LogP contribution in [0, 0.1) is 0 Å². The molecule has 0 fully saturated rings. The van der Waals surface area contributed by atoms with Crippen molar-refractivity contribution in [1.29, 1.82) is 0 Å². The van der Waals surface area contributed by atoms with E-state index in [4.69, 9.17) is 5.73 Å². The van der Waals surface area contributed by atoms with Gasteiger partial charge in [0.1, 0.15) is 0 Å². The third-order valence-electron chi connectivity index (χ3n) is 2.97. The van der Waals surface area contributed by atoms with Crippen molar-refractivity contribution in [3.63, 3.8) is 0 Å². The normalized spacial score (nSPS) is 12.6. The van der Waals surface area contributed by atoms with Crippen LogP contribution in [0.5, 0.6) is 0 Å². The van der Waals surface area contributed by atoms with Gasteiger partial charge in [0.15, 0.2) is 0 Å². The van der Waals surface area contributed by atoms with Crippen molar-refractivity contribution >= 4 is 16.9 Å². The van der Waals surface area contributed by atoms with E-state index in [1.807, 2.05) is 24.4 Å². The van der Waals surface area contributed by atoms with Crippen LogP contribution in [0.25, 0.3) is 10.9 Å². The molecule has 0 saturated carbocycles. The van der Waals surface area contributed by atoms with Gasteiger partial charge in [0.25, 0.3) is 0 Å². The molecule has 2 rings (SSSR count). The number of nitrogens with one attached hydrogen (secondary N) is 1. The van der Waals surface area contributed by atoms with Crippen LogP contribution in [0.2, 0.25) is 0 Å². The van der Waals surface area contributed by atoms with E-state index in [0.29, 0.717) is 13.0 Å². The molecule has 17 heavy (non-hydrogen) atoms. The molecule has 0 spiro atoms. The number of methoxy groups -OCH3 is 1. The van der Waals surface area contributed by atoms with Gasteiger partial charge in [0.05, 0.1) is 13.5 Å². The van der Waals surface area contributed by atoms with Crippen molar-refractivity contribution in [2.75, 3.05) is 13.7 Å². The number of aromatic amines is 1. The molecular formula is C13H16N2O2. The lowest BCUT2D eigenvalue weighted by Gasteiger charge is -2.13. The van der Waals surface area contributed by atoms with Gasteiger partial charge in [-0.05, 0) is 35.7 Å². The fourth-order valence-electron chi connectivity index (χ4n) is 1.95. The summed E-state index contributed by atoms with van der Waals surface area (Å²) in [6.07, 6.45) is 2.22. The van der Waals surface area contributed by atoms with Crippen molar-refractivity contribution < 1.29 is 9.53 Å². The fourth-order valence-corrected chi connectivity index (χ4v) is 1.95.